The van der Waals surface area contributed by atoms with Crippen molar-refractivity contribution < 1.29 is 23.5 Å². The average Bonchev–Trinajstić information content (AvgIpc) is 2.60. The van der Waals surface area contributed by atoms with Crippen LogP contribution in [0, 0.1) is 5.82 Å². The lowest BCUT2D eigenvalue weighted by Gasteiger charge is -2.21. The van der Waals surface area contributed by atoms with Gasteiger partial charge in [0.2, 0.25) is 5.91 Å². The monoisotopic (exact) mass is 344 g/mol. The van der Waals surface area contributed by atoms with E-state index >= 15 is 0 Å². The lowest BCUT2D eigenvalue weighted by molar-refractivity contribution is -0.118. The fraction of sp³-hybridized carbons (Fsp3) is 0.222. The van der Waals surface area contributed by atoms with E-state index in [0.717, 1.165) is 17.4 Å². The minimum absolute atomic E-state index is 0.173. The van der Waals surface area contributed by atoms with E-state index in [1.54, 1.807) is 7.11 Å². The number of halogens is 1. The van der Waals surface area contributed by atoms with Gasteiger partial charge in [0, 0.05) is 18.6 Å². The van der Waals surface area contributed by atoms with Crippen LogP contribution in [0.1, 0.15) is 12.0 Å². The molecule has 0 unspecified atom stereocenters. The molecule has 2 amide bonds. The predicted octanol–water partition coefficient (Wildman–Crippen LogP) is 2.74. The molecule has 0 aliphatic carbocycles. The summed E-state index contributed by atoms with van der Waals surface area (Å²) in [6, 6.07) is 9.74. The van der Waals surface area contributed by atoms with E-state index in [0.29, 0.717) is 6.42 Å². The summed E-state index contributed by atoms with van der Waals surface area (Å²) in [5, 5.41) is 5.15. The number of anilines is 2. The van der Waals surface area contributed by atoms with E-state index in [2.05, 4.69) is 10.6 Å². The van der Waals surface area contributed by atoms with Crippen molar-refractivity contribution in [1.82, 2.24) is 0 Å². The van der Waals surface area contributed by atoms with Gasteiger partial charge in [0.05, 0.1) is 18.5 Å². The van der Waals surface area contributed by atoms with Crippen LogP contribution in [0.15, 0.2) is 36.4 Å². The molecule has 25 heavy (non-hydrogen) atoms. The summed E-state index contributed by atoms with van der Waals surface area (Å²) in [5.41, 5.74) is 1.40. The Morgan fingerprint density at radius 1 is 1.32 bits per heavy atom. The maximum Gasteiger partial charge on any atom is 0.262 e. The molecule has 1 aliphatic heterocycles. The third-order valence-corrected chi connectivity index (χ3v) is 3.75. The van der Waals surface area contributed by atoms with Crippen LogP contribution in [0.25, 0.3) is 0 Å². The standard InChI is InChI=1S/C18H17FN2O4/c1-24-13-5-2-11(3-6-13)4-7-16(22)20-14-8-12(19)9-15-18(14)25-10-17(23)21-15/h2-3,5-6,8-9H,4,7,10H2,1H3,(H,20,22)(H,21,23). The fourth-order valence-electron chi connectivity index (χ4n) is 2.52. The summed E-state index contributed by atoms with van der Waals surface area (Å²) in [4.78, 5) is 23.5. The SMILES string of the molecule is COc1ccc(CCC(=O)Nc2cc(F)cc3c2OCC(=O)N3)cc1. The Morgan fingerprint density at radius 2 is 2.08 bits per heavy atom. The highest BCUT2D eigenvalue weighted by Gasteiger charge is 2.21. The van der Waals surface area contributed by atoms with E-state index in [9.17, 15) is 14.0 Å². The number of methoxy groups -OCH3 is 1. The van der Waals surface area contributed by atoms with E-state index in [1.165, 1.54) is 6.07 Å². The number of benzene rings is 2. The Labute approximate surface area is 143 Å². The number of rotatable bonds is 5. The number of ether oxygens (including phenoxy) is 2. The smallest absolute Gasteiger partial charge is 0.262 e. The quantitative estimate of drug-likeness (QED) is 0.874. The lowest BCUT2D eigenvalue weighted by atomic mass is 10.1. The van der Waals surface area contributed by atoms with Gasteiger partial charge < -0.3 is 20.1 Å². The molecule has 7 heteroatoms. The first kappa shape index (κ1) is 16.8. The second-order valence-electron chi connectivity index (χ2n) is 5.56. The molecule has 0 atom stereocenters. The molecule has 0 saturated carbocycles. The van der Waals surface area contributed by atoms with Gasteiger partial charge >= 0.3 is 0 Å². The first-order valence-electron chi connectivity index (χ1n) is 7.74. The zero-order valence-corrected chi connectivity index (χ0v) is 13.6. The number of carbonyl (C=O) groups excluding carboxylic acids is 2. The largest absolute Gasteiger partial charge is 0.497 e. The third kappa shape index (κ3) is 4.06. The first-order valence-corrected chi connectivity index (χ1v) is 7.74. The number of nitrogens with one attached hydrogen (secondary N) is 2. The van der Waals surface area contributed by atoms with Crippen LogP contribution >= 0.6 is 0 Å². The predicted molar refractivity (Wildman–Crippen MR) is 90.5 cm³/mol. The number of amides is 2. The summed E-state index contributed by atoms with van der Waals surface area (Å²) >= 11 is 0. The molecule has 2 aromatic rings. The number of aryl methyl sites for hydroxylation is 1. The average molecular weight is 344 g/mol. The van der Waals surface area contributed by atoms with Crippen LogP contribution in [0.5, 0.6) is 11.5 Å². The molecule has 1 heterocycles. The van der Waals surface area contributed by atoms with Crippen molar-refractivity contribution in [1.29, 1.82) is 0 Å². The Hall–Kier alpha value is -3.09. The highest BCUT2D eigenvalue weighted by molar-refractivity contribution is 6.00. The van der Waals surface area contributed by atoms with E-state index in [4.69, 9.17) is 9.47 Å². The van der Waals surface area contributed by atoms with Crippen molar-refractivity contribution in [3.05, 3.63) is 47.8 Å². The maximum absolute atomic E-state index is 13.7. The molecule has 2 aromatic carbocycles. The van der Waals surface area contributed by atoms with Gasteiger partial charge in [-0.3, -0.25) is 9.59 Å². The van der Waals surface area contributed by atoms with Crippen LogP contribution < -0.4 is 20.1 Å². The molecule has 130 valence electrons. The number of fused-ring (bicyclic) bond motifs is 1. The van der Waals surface area contributed by atoms with Crippen LogP contribution in [0.3, 0.4) is 0 Å². The maximum atomic E-state index is 13.7. The number of hydrogen-bond acceptors (Lipinski definition) is 4. The summed E-state index contributed by atoms with van der Waals surface area (Å²) in [5.74, 6) is -0.202. The fourth-order valence-corrected chi connectivity index (χ4v) is 2.52. The highest BCUT2D eigenvalue weighted by Crippen LogP contribution is 2.36. The van der Waals surface area contributed by atoms with Crippen molar-refractivity contribution in [3.8, 4) is 11.5 Å². The molecule has 0 bridgehead atoms. The molecular formula is C18H17FN2O4. The Balaban J connectivity index is 1.65. The van der Waals surface area contributed by atoms with Gasteiger partial charge in [-0.15, -0.1) is 0 Å². The third-order valence-electron chi connectivity index (χ3n) is 3.75. The van der Waals surface area contributed by atoms with E-state index in [-0.39, 0.29) is 42.0 Å². The number of hydrogen-bond donors (Lipinski definition) is 2. The molecule has 0 fully saturated rings. The van der Waals surface area contributed by atoms with Crippen molar-refractivity contribution >= 4 is 23.2 Å². The molecule has 2 N–H and O–H groups in total. The van der Waals surface area contributed by atoms with Crippen molar-refractivity contribution in [2.45, 2.75) is 12.8 Å². The van der Waals surface area contributed by atoms with Gasteiger partial charge in [-0.2, -0.15) is 0 Å². The zero-order valence-electron chi connectivity index (χ0n) is 13.6. The molecule has 3 rings (SSSR count). The molecule has 0 spiro atoms. The van der Waals surface area contributed by atoms with Gasteiger partial charge in [-0.25, -0.2) is 4.39 Å². The van der Waals surface area contributed by atoms with Crippen molar-refractivity contribution in [3.63, 3.8) is 0 Å². The molecule has 0 saturated heterocycles. The summed E-state index contributed by atoms with van der Waals surface area (Å²) in [6.07, 6.45) is 0.759. The Morgan fingerprint density at radius 3 is 2.80 bits per heavy atom. The normalized spacial score (nSPS) is 12.6. The minimum atomic E-state index is -0.574. The van der Waals surface area contributed by atoms with Gasteiger partial charge in [0.1, 0.15) is 11.6 Å². The second-order valence-corrected chi connectivity index (χ2v) is 5.56. The van der Waals surface area contributed by atoms with Crippen LogP contribution in [-0.2, 0) is 16.0 Å². The molecular weight excluding hydrogens is 327 g/mol. The van der Waals surface area contributed by atoms with Crippen LogP contribution in [0.4, 0.5) is 15.8 Å². The summed E-state index contributed by atoms with van der Waals surface area (Å²) in [6.45, 7) is -0.173. The van der Waals surface area contributed by atoms with E-state index in [1.807, 2.05) is 24.3 Å². The molecule has 6 nitrogen and oxygen atoms in total. The van der Waals surface area contributed by atoms with Crippen LogP contribution in [-0.4, -0.2) is 25.5 Å². The second kappa shape index (κ2) is 7.21. The molecule has 1 aliphatic rings. The van der Waals surface area contributed by atoms with Crippen molar-refractivity contribution in [2.75, 3.05) is 24.4 Å². The molecule has 0 aromatic heterocycles. The van der Waals surface area contributed by atoms with E-state index < -0.39 is 5.82 Å². The van der Waals surface area contributed by atoms with Gasteiger partial charge in [-0.1, -0.05) is 12.1 Å². The minimum Gasteiger partial charge on any atom is -0.497 e. The van der Waals surface area contributed by atoms with Crippen LogP contribution in [0.2, 0.25) is 0 Å². The highest BCUT2D eigenvalue weighted by atomic mass is 19.1. The number of carbonyl (C=O) groups is 2. The first-order chi connectivity index (χ1) is 12.0. The van der Waals surface area contributed by atoms with Gasteiger partial charge in [-0.05, 0) is 24.1 Å². The molecule has 0 radical (unpaired) electrons. The topological polar surface area (TPSA) is 76.7 Å². The Kier molecular flexibility index (Phi) is 4.83. The Bertz CT molecular complexity index is 805. The van der Waals surface area contributed by atoms with Crippen molar-refractivity contribution in [2.24, 2.45) is 0 Å². The van der Waals surface area contributed by atoms with Gasteiger partial charge in [0.25, 0.3) is 5.91 Å². The summed E-state index contributed by atoms with van der Waals surface area (Å²) < 4.78 is 24.1. The van der Waals surface area contributed by atoms with Gasteiger partial charge in [0.15, 0.2) is 12.4 Å². The summed E-state index contributed by atoms with van der Waals surface area (Å²) in [7, 11) is 1.59. The lowest BCUT2D eigenvalue weighted by Crippen LogP contribution is -2.26. The zero-order chi connectivity index (χ0) is 17.8.